The molecule has 0 aliphatic heterocycles. The normalized spacial score (nSPS) is 15.2. The molecule has 1 atom stereocenters. The molecule has 22 heavy (non-hydrogen) atoms. The highest BCUT2D eigenvalue weighted by Crippen LogP contribution is 2.31. The molecule has 116 valence electrons. The molecule has 0 amide bonds. The van der Waals surface area contributed by atoms with E-state index in [1.807, 2.05) is 42.5 Å². The lowest BCUT2D eigenvalue weighted by atomic mass is 9.83. The SMILES string of the molecule is CC(C)C(O)(/C=C/[Si](C)(C)c1ccccc1)c1ccccc1. The third-order valence-corrected chi connectivity index (χ3v) is 7.21. The first-order valence-corrected chi connectivity index (χ1v) is 11.0. The van der Waals surface area contributed by atoms with E-state index in [1.54, 1.807) is 0 Å². The fourth-order valence-corrected chi connectivity index (χ4v) is 4.54. The Labute approximate surface area is 135 Å². The van der Waals surface area contributed by atoms with Crippen LogP contribution in [-0.4, -0.2) is 13.2 Å². The van der Waals surface area contributed by atoms with Crippen LogP contribution in [-0.2, 0) is 5.60 Å². The summed E-state index contributed by atoms with van der Waals surface area (Å²) in [6.07, 6.45) is 2.02. The van der Waals surface area contributed by atoms with Crippen LogP contribution in [0.25, 0.3) is 0 Å². The molecule has 2 rings (SSSR count). The average Bonchev–Trinajstić information content (AvgIpc) is 2.54. The fourth-order valence-electron chi connectivity index (χ4n) is 2.63. The topological polar surface area (TPSA) is 20.2 Å². The Morgan fingerprint density at radius 3 is 1.91 bits per heavy atom. The second-order valence-corrected chi connectivity index (χ2v) is 11.1. The Morgan fingerprint density at radius 1 is 0.909 bits per heavy atom. The Balaban J connectivity index is 2.36. The van der Waals surface area contributed by atoms with Crippen molar-refractivity contribution in [1.29, 1.82) is 0 Å². The number of benzene rings is 2. The van der Waals surface area contributed by atoms with E-state index in [2.05, 4.69) is 56.9 Å². The van der Waals surface area contributed by atoms with E-state index in [0.717, 1.165) is 5.56 Å². The van der Waals surface area contributed by atoms with Crippen molar-refractivity contribution in [3.05, 3.63) is 78.0 Å². The molecule has 0 aliphatic carbocycles. The minimum Gasteiger partial charge on any atom is -0.381 e. The van der Waals surface area contributed by atoms with E-state index in [-0.39, 0.29) is 5.92 Å². The molecule has 2 aromatic rings. The molecule has 0 spiro atoms. The lowest BCUT2D eigenvalue weighted by Gasteiger charge is -2.31. The van der Waals surface area contributed by atoms with Gasteiger partial charge >= 0.3 is 0 Å². The van der Waals surface area contributed by atoms with Crippen LogP contribution >= 0.6 is 0 Å². The van der Waals surface area contributed by atoms with Gasteiger partial charge in [-0.05, 0) is 11.5 Å². The molecule has 0 aromatic heterocycles. The monoisotopic (exact) mass is 310 g/mol. The molecule has 0 heterocycles. The minimum atomic E-state index is -1.71. The molecule has 0 aliphatic rings. The van der Waals surface area contributed by atoms with Crippen molar-refractivity contribution in [2.24, 2.45) is 5.92 Å². The average molecular weight is 311 g/mol. The molecule has 1 nitrogen and oxygen atoms in total. The van der Waals surface area contributed by atoms with E-state index < -0.39 is 13.7 Å². The van der Waals surface area contributed by atoms with Crippen LogP contribution in [0.1, 0.15) is 19.4 Å². The Morgan fingerprint density at radius 2 is 1.41 bits per heavy atom. The van der Waals surface area contributed by atoms with Gasteiger partial charge in [-0.2, -0.15) is 0 Å². The van der Waals surface area contributed by atoms with E-state index in [4.69, 9.17) is 0 Å². The van der Waals surface area contributed by atoms with Crippen molar-refractivity contribution in [1.82, 2.24) is 0 Å². The largest absolute Gasteiger partial charge is 0.381 e. The molecule has 1 N–H and O–H groups in total. The van der Waals surface area contributed by atoms with Crippen LogP contribution in [0.5, 0.6) is 0 Å². The van der Waals surface area contributed by atoms with Gasteiger partial charge in [0.25, 0.3) is 0 Å². The number of hydrogen-bond donors (Lipinski definition) is 1. The number of aliphatic hydroxyl groups is 1. The highest BCUT2D eigenvalue weighted by atomic mass is 28.3. The van der Waals surface area contributed by atoms with Crippen LogP contribution in [0.4, 0.5) is 0 Å². The summed E-state index contributed by atoms with van der Waals surface area (Å²) in [6.45, 7) is 8.75. The van der Waals surface area contributed by atoms with Gasteiger partial charge in [0, 0.05) is 0 Å². The van der Waals surface area contributed by atoms with Gasteiger partial charge in [-0.25, -0.2) is 0 Å². The van der Waals surface area contributed by atoms with Crippen LogP contribution < -0.4 is 5.19 Å². The van der Waals surface area contributed by atoms with Crippen LogP contribution in [0.3, 0.4) is 0 Å². The molecule has 2 heteroatoms. The fraction of sp³-hybridized carbons (Fsp3) is 0.300. The predicted molar refractivity (Wildman–Crippen MR) is 97.9 cm³/mol. The zero-order chi connectivity index (χ0) is 16.2. The lowest BCUT2D eigenvalue weighted by molar-refractivity contribution is 0.0401. The highest BCUT2D eigenvalue weighted by molar-refractivity contribution is 6.93. The summed E-state index contributed by atoms with van der Waals surface area (Å²) in [4.78, 5) is 0. The molecule has 0 bridgehead atoms. The van der Waals surface area contributed by atoms with Gasteiger partial charge in [0.2, 0.25) is 0 Å². The number of rotatable bonds is 5. The Bertz CT molecular complexity index is 617. The van der Waals surface area contributed by atoms with Crippen LogP contribution in [0.2, 0.25) is 13.1 Å². The van der Waals surface area contributed by atoms with Crippen molar-refractivity contribution >= 4 is 13.3 Å². The molecule has 2 aromatic carbocycles. The zero-order valence-corrected chi connectivity index (χ0v) is 15.0. The Hall–Kier alpha value is -1.64. The standard InChI is InChI=1S/C20H26OSi/c1-17(2)20(21,18-11-7-5-8-12-18)15-16-22(3,4)19-13-9-6-10-14-19/h5-17,21H,1-4H3/b16-15+. The maximum absolute atomic E-state index is 11.2. The molecule has 0 fully saturated rings. The predicted octanol–water partition coefficient (Wildman–Crippen LogP) is 4.24. The second-order valence-electron chi connectivity index (χ2n) is 6.77. The minimum absolute atomic E-state index is 0.117. The third-order valence-electron chi connectivity index (χ3n) is 4.39. The second kappa shape index (κ2) is 6.63. The smallest absolute Gasteiger partial charge is 0.110 e. The maximum Gasteiger partial charge on any atom is 0.110 e. The molecule has 0 saturated carbocycles. The van der Waals surface area contributed by atoms with Crippen molar-refractivity contribution in [3.8, 4) is 0 Å². The van der Waals surface area contributed by atoms with Gasteiger partial charge < -0.3 is 5.11 Å². The van der Waals surface area contributed by atoms with Crippen LogP contribution in [0, 0.1) is 5.92 Å². The molecular formula is C20H26OSi. The van der Waals surface area contributed by atoms with Crippen molar-refractivity contribution in [2.75, 3.05) is 0 Å². The van der Waals surface area contributed by atoms with Crippen LogP contribution in [0.15, 0.2) is 72.4 Å². The molecule has 0 saturated heterocycles. The summed E-state index contributed by atoms with van der Waals surface area (Å²) in [5.74, 6) is 0.117. The third kappa shape index (κ3) is 3.57. The summed E-state index contributed by atoms with van der Waals surface area (Å²) in [5.41, 5.74) is 2.30. The van der Waals surface area contributed by atoms with Gasteiger partial charge in [-0.15, -0.1) is 0 Å². The lowest BCUT2D eigenvalue weighted by Crippen LogP contribution is -2.40. The first-order chi connectivity index (χ1) is 10.4. The van der Waals surface area contributed by atoms with E-state index in [1.165, 1.54) is 5.19 Å². The molecule has 1 unspecified atom stereocenters. The van der Waals surface area contributed by atoms with Gasteiger partial charge in [0.05, 0.1) is 0 Å². The van der Waals surface area contributed by atoms with Gasteiger partial charge in [0.1, 0.15) is 13.7 Å². The summed E-state index contributed by atoms with van der Waals surface area (Å²) >= 11 is 0. The quantitative estimate of drug-likeness (QED) is 0.819. The van der Waals surface area contributed by atoms with Gasteiger partial charge in [0.15, 0.2) is 0 Å². The van der Waals surface area contributed by atoms with Crippen molar-refractivity contribution in [2.45, 2.75) is 32.5 Å². The number of hydrogen-bond acceptors (Lipinski definition) is 1. The molecule has 0 radical (unpaired) electrons. The summed E-state index contributed by atoms with van der Waals surface area (Å²) in [6, 6.07) is 20.5. The highest BCUT2D eigenvalue weighted by Gasteiger charge is 2.31. The summed E-state index contributed by atoms with van der Waals surface area (Å²) < 4.78 is 0. The van der Waals surface area contributed by atoms with E-state index in [0.29, 0.717) is 0 Å². The maximum atomic E-state index is 11.2. The van der Waals surface area contributed by atoms with Gasteiger partial charge in [-0.1, -0.05) is 105 Å². The van der Waals surface area contributed by atoms with E-state index >= 15 is 0 Å². The molecular weight excluding hydrogens is 284 g/mol. The Kier molecular flexibility index (Phi) is 5.04. The van der Waals surface area contributed by atoms with Crippen molar-refractivity contribution in [3.63, 3.8) is 0 Å². The summed E-state index contributed by atoms with van der Waals surface area (Å²) in [5, 5.41) is 12.6. The first-order valence-electron chi connectivity index (χ1n) is 7.90. The first kappa shape index (κ1) is 16.7. The zero-order valence-electron chi connectivity index (χ0n) is 14.0. The van der Waals surface area contributed by atoms with E-state index in [9.17, 15) is 5.11 Å². The van der Waals surface area contributed by atoms with Crippen molar-refractivity contribution < 1.29 is 5.11 Å². The van der Waals surface area contributed by atoms with Gasteiger partial charge in [-0.3, -0.25) is 0 Å². The summed E-state index contributed by atoms with van der Waals surface area (Å²) in [7, 11) is -1.71.